The summed E-state index contributed by atoms with van der Waals surface area (Å²) in [5, 5.41) is 20.0. The Morgan fingerprint density at radius 1 is 1.53 bits per heavy atom. The van der Waals surface area contributed by atoms with Crippen LogP contribution in [-0.4, -0.2) is 64.2 Å². The molecule has 0 spiro atoms. The van der Waals surface area contributed by atoms with Gasteiger partial charge in [0.15, 0.2) is 0 Å². The Bertz CT molecular complexity index is 329. The second-order valence-corrected chi connectivity index (χ2v) is 3.94. The topological polar surface area (TPSA) is 89.9 Å². The van der Waals surface area contributed by atoms with Crippen molar-refractivity contribution in [2.45, 2.75) is 18.1 Å². The number of carboxylic acid groups (broad SMARTS) is 1. The van der Waals surface area contributed by atoms with Crippen LogP contribution in [0.5, 0.6) is 0 Å². The smallest absolute Gasteiger partial charge is 0.407 e. The van der Waals surface area contributed by atoms with Crippen LogP contribution in [0.25, 0.3) is 0 Å². The molecular formula is C8H11ClF2N2O4. The summed E-state index contributed by atoms with van der Waals surface area (Å²) in [5.74, 6) is -4.82. The second-order valence-electron chi connectivity index (χ2n) is 3.68. The van der Waals surface area contributed by atoms with Crippen LogP contribution in [0.2, 0.25) is 0 Å². The van der Waals surface area contributed by atoms with Crippen molar-refractivity contribution in [3.63, 3.8) is 0 Å². The molecule has 0 aromatic rings. The highest BCUT2D eigenvalue weighted by Crippen LogP contribution is 2.27. The molecule has 1 aliphatic heterocycles. The molecule has 1 fully saturated rings. The van der Waals surface area contributed by atoms with Gasteiger partial charge in [-0.15, -0.1) is 11.6 Å². The first-order valence-electron chi connectivity index (χ1n) is 4.67. The first kappa shape index (κ1) is 13.9. The zero-order valence-corrected chi connectivity index (χ0v) is 9.32. The third-order valence-corrected chi connectivity index (χ3v) is 2.61. The van der Waals surface area contributed by atoms with Crippen LogP contribution in [0, 0.1) is 0 Å². The Morgan fingerprint density at radius 2 is 2.12 bits per heavy atom. The summed E-state index contributed by atoms with van der Waals surface area (Å²) in [6.07, 6.45) is -3.67. The maximum absolute atomic E-state index is 13.3. The largest absolute Gasteiger partial charge is 0.465 e. The van der Waals surface area contributed by atoms with Crippen molar-refractivity contribution >= 4 is 23.6 Å². The molecule has 2 unspecified atom stereocenters. The monoisotopic (exact) mass is 272 g/mol. The van der Waals surface area contributed by atoms with Crippen molar-refractivity contribution in [3.8, 4) is 0 Å². The molecule has 0 bridgehead atoms. The highest BCUT2D eigenvalue weighted by atomic mass is 35.5. The number of rotatable bonds is 2. The number of amides is 2. The molecule has 0 saturated carbocycles. The molecule has 1 aliphatic rings. The van der Waals surface area contributed by atoms with Crippen molar-refractivity contribution in [2.75, 3.05) is 19.0 Å². The number of likely N-dealkylation sites (tertiary alicyclic amines) is 1. The van der Waals surface area contributed by atoms with E-state index in [1.165, 1.54) is 0 Å². The number of hydrogen-bond donors (Lipinski definition) is 3. The van der Waals surface area contributed by atoms with Crippen molar-refractivity contribution in [3.05, 3.63) is 0 Å². The number of nitrogens with zero attached hydrogens (tertiary/aromatic N) is 1. The number of carbonyl (C=O) groups is 2. The quantitative estimate of drug-likeness (QED) is 0.602. The highest BCUT2D eigenvalue weighted by molar-refractivity contribution is 6.27. The van der Waals surface area contributed by atoms with Crippen LogP contribution in [0.3, 0.4) is 0 Å². The van der Waals surface area contributed by atoms with E-state index in [2.05, 4.69) is 5.32 Å². The summed E-state index contributed by atoms with van der Waals surface area (Å²) in [4.78, 5) is 22.0. The van der Waals surface area contributed by atoms with Crippen molar-refractivity contribution in [1.29, 1.82) is 0 Å². The van der Waals surface area contributed by atoms with Gasteiger partial charge in [0.1, 0.15) is 12.0 Å². The van der Waals surface area contributed by atoms with E-state index in [-0.39, 0.29) is 0 Å². The van der Waals surface area contributed by atoms with E-state index >= 15 is 0 Å². The molecule has 0 aromatic carbocycles. The summed E-state index contributed by atoms with van der Waals surface area (Å²) >= 11 is 5.18. The van der Waals surface area contributed by atoms with Crippen LogP contribution in [0.1, 0.15) is 0 Å². The molecule has 6 nitrogen and oxygen atoms in total. The lowest BCUT2D eigenvalue weighted by Gasteiger charge is -2.39. The van der Waals surface area contributed by atoms with Gasteiger partial charge in [-0.1, -0.05) is 0 Å². The van der Waals surface area contributed by atoms with Crippen molar-refractivity contribution in [2.24, 2.45) is 0 Å². The molecule has 3 N–H and O–H groups in total. The summed E-state index contributed by atoms with van der Waals surface area (Å²) in [7, 11) is 0. The lowest BCUT2D eigenvalue weighted by atomic mass is 9.99. The highest BCUT2D eigenvalue weighted by Gasteiger charge is 2.50. The fraction of sp³-hybridized carbons (Fsp3) is 0.750. The third-order valence-electron chi connectivity index (χ3n) is 2.37. The minimum atomic E-state index is -3.61. The Morgan fingerprint density at radius 3 is 2.59 bits per heavy atom. The first-order valence-corrected chi connectivity index (χ1v) is 5.20. The molecule has 17 heavy (non-hydrogen) atoms. The standard InChI is InChI=1S/C8H11ClF2N2O4/c9-1-5(14)12-4-2-13(7(16)17)3-8(10,11)6(4)15/h4,6,15H,1-3H2,(H,12,14)(H,16,17). The van der Waals surface area contributed by atoms with Crippen molar-refractivity contribution < 1.29 is 28.6 Å². The summed E-state index contributed by atoms with van der Waals surface area (Å²) in [6.45, 7) is -1.51. The number of alkyl halides is 3. The molecule has 2 atom stereocenters. The van der Waals surface area contributed by atoms with E-state index in [1.54, 1.807) is 0 Å². The lowest BCUT2D eigenvalue weighted by molar-refractivity contribution is -0.159. The minimum Gasteiger partial charge on any atom is -0.465 e. The predicted octanol–water partition coefficient (Wildman–Crippen LogP) is -0.300. The minimum absolute atomic E-state index is 0.408. The van der Waals surface area contributed by atoms with Gasteiger partial charge < -0.3 is 20.4 Å². The summed E-state index contributed by atoms with van der Waals surface area (Å²) < 4.78 is 26.5. The first-order chi connectivity index (χ1) is 7.77. The van der Waals surface area contributed by atoms with Gasteiger partial charge in [-0.25, -0.2) is 13.6 Å². The molecule has 1 heterocycles. The summed E-state index contributed by atoms with van der Waals surface area (Å²) in [6, 6.07) is -1.37. The number of aliphatic hydroxyl groups excluding tert-OH is 1. The Kier molecular flexibility index (Phi) is 4.10. The molecule has 9 heteroatoms. The third kappa shape index (κ3) is 3.16. The van der Waals surface area contributed by atoms with Crippen LogP contribution in [-0.2, 0) is 4.79 Å². The maximum Gasteiger partial charge on any atom is 0.407 e. The van der Waals surface area contributed by atoms with E-state index in [9.17, 15) is 23.5 Å². The molecule has 0 aliphatic carbocycles. The Balaban J connectivity index is 2.80. The van der Waals surface area contributed by atoms with Crippen LogP contribution < -0.4 is 5.32 Å². The molecule has 1 saturated heterocycles. The van der Waals surface area contributed by atoms with Crippen molar-refractivity contribution in [1.82, 2.24) is 10.2 Å². The molecule has 98 valence electrons. The van der Waals surface area contributed by atoms with Crippen LogP contribution >= 0.6 is 11.6 Å². The summed E-state index contributed by atoms with van der Waals surface area (Å²) in [5.41, 5.74) is 0. The second kappa shape index (κ2) is 5.01. The Labute approximate surface area is 100 Å². The zero-order chi connectivity index (χ0) is 13.2. The van der Waals surface area contributed by atoms with Gasteiger partial charge in [0.2, 0.25) is 5.91 Å². The van der Waals surface area contributed by atoms with Gasteiger partial charge in [0, 0.05) is 6.54 Å². The number of carbonyl (C=O) groups excluding carboxylic acids is 1. The maximum atomic E-state index is 13.3. The van der Waals surface area contributed by atoms with Crippen LogP contribution in [0.15, 0.2) is 0 Å². The van der Waals surface area contributed by atoms with Gasteiger partial charge in [-0.3, -0.25) is 4.79 Å². The number of piperidine rings is 1. The van der Waals surface area contributed by atoms with E-state index in [1.807, 2.05) is 0 Å². The number of hydrogen-bond acceptors (Lipinski definition) is 3. The number of halogens is 3. The van der Waals surface area contributed by atoms with Crippen LogP contribution in [0.4, 0.5) is 13.6 Å². The van der Waals surface area contributed by atoms with Gasteiger partial charge in [0.25, 0.3) is 5.92 Å². The van der Waals surface area contributed by atoms with Gasteiger partial charge >= 0.3 is 6.09 Å². The molecule has 0 radical (unpaired) electrons. The predicted molar refractivity (Wildman–Crippen MR) is 53.2 cm³/mol. The van der Waals surface area contributed by atoms with Gasteiger partial charge in [0.05, 0.1) is 12.6 Å². The zero-order valence-electron chi connectivity index (χ0n) is 8.57. The lowest BCUT2D eigenvalue weighted by Crippen LogP contribution is -2.65. The van der Waals surface area contributed by atoms with E-state index in [0.29, 0.717) is 4.90 Å². The molecule has 2 amide bonds. The fourth-order valence-corrected chi connectivity index (χ4v) is 1.64. The molecule has 1 rings (SSSR count). The van der Waals surface area contributed by atoms with Gasteiger partial charge in [-0.2, -0.15) is 0 Å². The van der Waals surface area contributed by atoms with E-state index < -0.39 is 49.0 Å². The average molecular weight is 273 g/mol. The normalized spacial score (nSPS) is 27.6. The Hall–Kier alpha value is -1.15. The number of nitrogens with one attached hydrogen (secondary N) is 1. The van der Waals surface area contributed by atoms with Gasteiger partial charge in [-0.05, 0) is 0 Å². The SMILES string of the molecule is O=C(CCl)NC1CN(C(=O)O)CC(F)(F)C1O. The molecular weight excluding hydrogens is 262 g/mol. The molecule has 0 aromatic heterocycles. The fourth-order valence-electron chi connectivity index (χ4n) is 1.56. The number of aliphatic hydroxyl groups is 1. The van der Waals surface area contributed by atoms with E-state index in [0.717, 1.165) is 0 Å². The average Bonchev–Trinajstić information content (AvgIpc) is 2.23. The van der Waals surface area contributed by atoms with E-state index in [4.69, 9.17) is 16.7 Å².